The van der Waals surface area contributed by atoms with Crippen molar-refractivity contribution in [3.63, 3.8) is 0 Å². The fraction of sp³-hybridized carbons (Fsp3) is 0.0714. The number of hydrogen-bond acceptors (Lipinski definition) is 3. The number of aromatic carboxylic acids is 1. The van der Waals surface area contributed by atoms with Crippen LogP contribution in [-0.2, 0) is 6.18 Å². The number of rotatable bonds is 3. The predicted octanol–water partition coefficient (Wildman–Crippen LogP) is 4.28. The number of nitrogens with two attached hydrogens (primary N) is 1. The van der Waals surface area contributed by atoms with Crippen LogP contribution in [0.4, 0.5) is 23.2 Å². The second-order valence-electron chi connectivity index (χ2n) is 4.29. The van der Waals surface area contributed by atoms with Gasteiger partial charge in [0.25, 0.3) is 0 Å². The molecule has 3 nitrogen and oxygen atoms in total. The van der Waals surface area contributed by atoms with Gasteiger partial charge in [-0.3, -0.25) is 0 Å². The highest BCUT2D eigenvalue weighted by atomic mass is 32.2. The van der Waals surface area contributed by atoms with Crippen LogP contribution in [0.15, 0.2) is 46.2 Å². The topological polar surface area (TPSA) is 63.3 Å². The Hall–Kier alpha value is -2.22. The molecular formula is C14H9F4NO2S. The highest BCUT2D eigenvalue weighted by Gasteiger charge is 2.30. The van der Waals surface area contributed by atoms with E-state index in [-0.39, 0.29) is 10.6 Å². The van der Waals surface area contributed by atoms with E-state index < -0.39 is 29.1 Å². The molecule has 0 aliphatic heterocycles. The molecule has 0 aliphatic carbocycles. The molecule has 3 N–H and O–H groups in total. The van der Waals surface area contributed by atoms with E-state index in [1.165, 1.54) is 12.1 Å². The molecule has 0 saturated heterocycles. The zero-order chi connectivity index (χ0) is 16.5. The van der Waals surface area contributed by atoms with Crippen LogP contribution in [0.25, 0.3) is 0 Å². The molecule has 0 bridgehead atoms. The minimum Gasteiger partial charge on any atom is -0.478 e. The minimum absolute atomic E-state index is 0.122. The summed E-state index contributed by atoms with van der Waals surface area (Å²) in [7, 11) is 0. The summed E-state index contributed by atoms with van der Waals surface area (Å²) < 4.78 is 50.8. The molecule has 22 heavy (non-hydrogen) atoms. The molecule has 0 fully saturated rings. The van der Waals surface area contributed by atoms with E-state index in [0.29, 0.717) is 4.90 Å². The van der Waals surface area contributed by atoms with Gasteiger partial charge in [-0.25, -0.2) is 9.18 Å². The van der Waals surface area contributed by atoms with Crippen molar-refractivity contribution >= 4 is 23.4 Å². The highest BCUT2D eigenvalue weighted by molar-refractivity contribution is 7.99. The van der Waals surface area contributed by atoms with Gasteiger partial charge >= 0.3 is 12.1 Å². The number of nitrogen functional groups attached to an aromatic ring is 1. The van der Waals surface area contributed by atoms with Crippen molar-refractivity contribution in [1.82, 2.24) is 0 Å². The lowest BCUT2D eigenvalue weighted by Gasteiger charge is -2.10. The summed E-state index contributed by atoms with van der Waals surface area (Å²) >= 11 is 0.884. The molecule has 0 amide bonds. The van der Waals surface area contributed by atoms with Crippen molar-refractivity contribution < 1.29 is 27.5 Å². The van der Waals surface area contributed by atoms with Crippen LogP contribution in [0.5, 0.6) is 0 Å². The molecule has 8 heteroatoms. The number of hydrogen-bond donors (Lipinski definition) is 2. The molecule has 0 unspecified atom stereocenters. The van der Waals surface area contributed by atoms with Crippen molar-refractivity contribution in [3.05, 3.63) is 53.3 Å². The quantitative estimate of drug-likeness (QED) is 0.651. The van der Waals surface area contributed by atoms with Gasteiger partial charge in [0, 0.05) is 9.79 Å². The monoisotopic (exact) mass is 331 g/mol. The summed E-state index contributed by atoms with van der Waals surface area (Å²) in [5.74, 6) is -2.17. The zero-order valence-electron chi connectivity index (χ0n) is 10.8. The second-order valence-corrected chi connectivity index (χ2v) is 5.41. The van der Waals surface area contributed by atoms with E-state index in [9.17, 15) is 22.4 Å². The summed E-state index contributed by atoms with van der Waals surface area (Å²) in [5, 5.41) is 8.93. The van der Waals surface area contributed by atoms with Crippen LogP contribution >= 0.6 is 11.8 Å². The van der Waals surface area contributed by atoms with Gasteiger partial charge in [0.15, 0.2) is 0 Å². The maximum absolute atomic E-state index is 13.4. The smallest absolute Gasteiger partial charge is 0.416 e. The average molecular weight is 331 g/mol. The predicted molar refractivity (Wildman–Crippen MR) is 73.3 cm³/mol. The minimum atomic E-state index is -4.45. The van der Waals surface area contributed by atoms with E-state index in [1.807, 2.05) is 0 Å². The molecule has 0 atom stereocenters. The summed E-state index contributed by atoms with van der Waals surface area (Å²) in [6.45, 7) is 0. The molecule has 0 spiro atoms. The number of alkyl halides is 3. The average Bonchev–Trinajstić information content (AvgIpc) is 2.41. The van der Waals surface area contributed by atoms with E-state index in [1.54, 1.807) is 0 Å². The molecule has 0 saturated carbocycles. The first-order valence-electron chi connectivity index (χ1n) is 5.86. The SMILES string of the molecule is Nc1c(Sc2ccc(C(F)(F)F)cc2)cc(F)cc1C(=O)O. The molecule has 0 radical (unpaired) electrons. The third-order valence-corrected chi connectivity index (χ3v) is 3.81. The normalized spacial score (nSPS) is 11.5. The van der Waals surface area contributed by atoms with E-state index in [0.717, 1.165) is 36.0 Å². The number of carboxylic acids is 1. The number of benzene rings is 2. The summed E-state index contributed by atoms with van der Waals surface area (Å²) in [4.78, 5) is 11.5. The van der Waals surface area contributed by atoms with Gasteiger partial charge in [0.2, 0.25) is 0 Å². The third-order valence-electron chi connectivity index (χ3n) is 2.75. The third kappa shape index (κ3) is 3.51. The Labute approximate surface area is 126 Å². The Balaban J connectivity index is 2.33. The van der Waals surface area contributed by atoms with Crippen LogP contribution in [-0.4, -0.2) is 11.1 Å². The molecule has 0 aliphatic rings. The molecule has 0 heterocycles. The number of carboxylic acid groups (broad SMARTS) is 1. The molecule has 0 aromatic heterocycles. The number of halogens is 4. The zero-order valence-corrected chi connectivity index (χ0v) is 11.6. The van der Waals surface area contributed by atoms with Gasteiger partial charge in [0.05, 0.1) is 16.8 Å². The van der Waals surface area contributed by atoms with Crippen molar-refractivity contribution in [2.45, 2.75) is 16.0 Å². The molecule has 2 aromatic rings. The first kappa shape index (κ1) is 16.2. The standard InChI is InChI=1S/C14H9F4NO2S/c15-8-5-10(13(20)21)12(19)11(6-8)22-9-3-1-7(2-4-9)14(16,17)18/h1-6H,19H2,(H,20,21). The van der Waals surface area contributed by atoms with Crippen LogP contribution in [0.1, 0.15) is 15.9 Å². The summed E-state index contributed by atoms with van der Waals surface area (Å²) in [5.41, 5.74) is 4.31. The Morgan fingerprint density at radius 1 is 1.14 bits per heavy atom. The fourth-order valence-corrected chi connectivity index (χ4v) is 2.61. The first-order chi connectivity index (χ1) is 10.2. The van der Waals surface area contributed by atoms with Gasteiger partial charge in [-0.2, -0.15) is 13.2 Å². The van der Waals surface area contributed by atoms with E-state index in [2.05, 4.69) is 0 Å². The van der Waals surface area contributed by atoms with Gasteiger partial charge < -0.3 is 10.8 Å². The molecule has 2 aromatic carbocycles. The maximum atomic E-state index is 13.4. The van der Waals surface area contributed by atoms with Gasteiger partial charge in [-0.15, -0.1) is 0 Å². The van der Waals surface area contributed by atoms with Crippen molar-refractivity contribution in [2.24, 2.45) is 0 Å². The largest absolute Gasteiger partial charge is 0.478 e. The number of anilines is 1. The Kier molecular flexibility index (Phi) is 4.32. The lowest BCUT2D eigenvalue weighted by molar-refractivity contribution is -0.137. The summed E-state index contributed by atoms with van der Waals surface area (Å²) in [6, 6.07) is 6.00. The highest BCUT2D eigenvalue weighted by Crippen LogP contribution is 2.36. The molecule has 116 valence electrons. The van der Waals surface area contributed by atoms with Crippen LogP contribution in [0, 0.1) is 5.82 Å². The first-order valence-corrected chi connectivity index (χ1v) is 6.67. The van der Waals surface area contributed by atoms with Gasteiger partial charge in [0.1, 0.15) is 5.82 Å². The lowest BCUT2D eigenvalue weighted by Crippen LogP contribution is -2.05. The fourth-order valence-electron chi connectivity index (χ4n) is 1.69. The van der Waals surface area contributed by atoms with Crippen LogP contribution in [0.2, 0.25) is 0 Å². The Morgan fingerprint density at radius 2 is 1.73 bits per heavy atom. The second kappa shape index (κ2) is 5.88. The van der Waals surface area contributed by atoms with Crippen molar-refractivity contribution in [3.8, 4) is 0 Å². The van der Waals surface area contributed by atoms with Crippen molar-refractivity contribution in [2.75, 3.05) is 5.73 Å². The van der Waals surface area contributed by atoms with E-state index in [4.69, 9.17) is 10.8 Å². The Morgan fingerprint density at radius 3 is 2.23 bits per heavy atom. The Bertz CT molecular complexity index is 714. The maximum Gasteiger partial charge on any atom is 0.416 e. The molecule has 2 rings (SSSR count). The van der Waals surface area contributed by atoms with Crippen LogP contribution < -0.4 is 5.73 Å². The number of carbonyl (C=O) groups is 1. The lowest BCUT2D eigenvalue weighted by atomic mass is 10.2. The van der Waals surface area contributed by atoms with E-state index >= 15 is 0 Å². The van der Waals surface area contributed by atoms with Crippen LogP contribution in [0.3, 0.4) is 0 Å². The summed E-state index contributed by atoms with van der Waals surface area (Å²) in [6.07, 6.45) is -4.45. The van der Waals surface area contributed by atoms with Gasteiger partial charge in [-0.05, 0) is 36.4 Å². The van der Waals surface area contributed by atoms with Gasteiger partial charge in [-0.1, -0.05) is 11.8 Å². The molecular weight excluding hydrogens is 322 g/mol. The van der Waals surface area contributed by atoms with Crippen molar-refractivity contribution in [1.29, 1.82) is 0 Å².